The van der Waals surface area contributed by atoms with Gasteiger partial charge in [-0.1, -0.05) is 32.0 Å². The van der Waals surface area contributed by atoms with Crippen molar-refractivity contribution in [1.29, 1.82) is 0 Å². The van der Waals surface area contributed by atoms with Gasteiger partial charge in [-0.25, -0.2) is 9.78 Å². The second-order valence-electron chi connectivity index (χ2n) is 8.52. The van der Waals surface area contributed by atoms with E-state index in [-0.39, 0.29) is 5.97 Å². The maximum Gasteiger partial charge on any atom is 0.338 e. The van der Waals surface area contributed by atoms with Crippen molar-refractivity contribution in [1.82, 2.24) is 9.55 Å². The van der Waals surface area contributed by atoms with E-state index in [1.54, 1.807) is 7.11 Å². The Morgan fingerprint density at radius 2 is 1.97 bits per heavy atom. The van der Waals surface area contributed by atoms with Crippen LogP contribution in [0.1, 0.15) is 45.7 Å². The number of para-hydroxylation sites is 2. The molecule has 33 heavy (non-hydrogen) atoms. The largest absolute Gasteiger partial charge is 0.493 e. The lowest BCUT2D eigenvalue weighted by Gasteiger charge is -2.30. The van der Waals surface area contributed by atoms with Gasteiger partial charge < -0.3 is 19.5 Å². The number of fused-ring (bicyclic) bond motifs is 3. The normalized spacial score (nSPS) is 15.4. The molecule has 0 saturated carbocycles. The fourth-order valence-electron chi connectivity index (χ4n) is 4.13. The third-order valence-electron chi connectivity index (χ3n) is 5.78. The Labute approximate surface area is 194 Å². The van der Waals surface area contributed by atoms with Gasteiger partial charge in [0.25, 0.3) is 0 Å². The van der Waals surface area contributed by atoms with Gasteiger partial charge >= 0.3 is 5.97 Å². The zero-order valence-corrected chi connectivity index (χ0v) is 19.8. The molecule has 1 atom stereocenters. The quantitative estimate of drug-likeness (QED) is 0.469. The molecule has 1 N–H and O–H groups in total. The molecule has 0 bridgehead atoms. The summed E-state index contributed by atoms with van der Waals surface area (Å²) >= 11 is 0. The fourth-order valence-corrected chi connectivity index (χ4v) is 4.13. The van der Waals surface area contributed by atoms with E-state index >= 15 is 0 Å². The van der Waals surface area contributed by atoms with Crippen LogP contribution < -0.4 is 14.8 Å². The molecule has 0 radical (unpaired) electrons. The van der Waals surface area contributed by atoms with E-state index in [1.807, 2.05) is 60.9 Å². The standard InChI is InChI=1S/C26H31N3O4/c1-6-32-25(30)23-17(4)27-26-28-19-9-7-8-10-20(19)29(26)24(23)18-11-12-21(22(15-18)31-5)33-14-13-16(2)3/h7-12,15-16,24H,6,13-14H2,1-5H3,(H,27,28)/t24-/m1/s1. The van der Waals surface area contributed by atoms with Gasteiger partial charge in [0.1, 0.15) is 0 Å². The Balaban J connectivity index is 1.83. The number of carbonyl (C=O) groups is 1. The van der Waals surface area contributed by atoms with E-state index in [1.165, 1.54) is 0 Å². The predicted molar refractivity (Wildman–Crippen MR) is 129 cm³/mol. The van der Waals surface area contributed by atoms with Crippen molar-refractivity contribution in [2.24, 2.45) is 5.92 Å². The Morgan fingerprint density at radius 1 is 1.18 bits per heavy atom. The summed E-state index contributed by atoms with van der Waals surface area (Å²) in [7, 11) is 1.63. The van der Waals surface area contributed by atoms with Crippen LogP contribution >= 0.6 is 0 Å². The lowest BCUT2D eigenvalue weighted by molar-refractivity contribution is -0.139. The molecule has 0 aliphatic carbocycles. The summed E-state index contributed by atoms with van der Waals surface area (Å²) < 4.78 is 19.1. The molecular formula is C26H31N3O4. The van der Waals surface area contributed by atoms with Gasteiger partial charge in [0.15, 0.2) is 11.5 Å². The van der Waals surface area contributed by atoms with Crippen molar-refractivity contribution in [3.63, 3.8) is 0 Å². The van der Waals surface area contributed by atoms with Crippen LogP contribution in [0.25, 0.3) is 11.0 Å². The van der Waals surface area contributed by atoms with E-state index in [0.717, 1.165) is 28.7 Å². The molecule has 1 aliphatic rings. The number of nitrogens with one attached hydrogen (secondary N) is 1. The van der Waals surface area contributed by atoms with Crippen LogP contribution in [0.15, 0.2) is 53.7 Å². The van der Waals surface area contributed by atoms with Crippen LogP contribution in [0.2, 0.25) is 0 Å². The molecule has 174 valence electrons. The van der Waals surface area contributed by atoms with Crippen molar-refractivity contribution in [3.05, 3.63) is 59.3 Å². The number of methoxy groups -OCH3 is 1. The predicted octanol–water partition coefficient (Wildman–Crippen LogP) is 5.32. The van der Waals surface area contributed by atoms with Gasteiger partial charge in [-0.2, -0.15) is 0 Å². The summed E-state index contributed by atoms with van der Waals surface area (Å²) in [6.45, 7) is 8.93. The molecule has 1 aliphatic heterocycles. The molecule has 2 heterocycles. The smallest absolute Gasteiger partial charge is 0.338 e. The third-order valence-corrected chi connectivity index (χ3v) is 5.78. The highest BCUT2D eigenvalue weighted by atomic mass is 16.5. The van der Waals surface area contributed by atoms with Gasteiger partial charge in [-0.15, -0.1) is 0 Å². The average Bonchev–Trinajstić information content (AvgIpc) is 3.16. The van der Waals surface area contributed by atoms with Crippen LogP contribution in [0.5, 0.6) is 11.5 Å². The highest BCUT2D eigenvalue weighted by Gasteiger charge is 2.35. The number of benzene rings is 2. The second kappa shape index (κ2) is 9.57. The fraction of sp³-hybridized carbons (Fsp3) is 0.385. The average molecular weight is 450 g/mol. The minimum Gasteiger partial charge on any atom is -0.493 e. The first-order chi connectivity index (χ1) is 15.9. The number of anilines is 1. The minimum absolute atomic E-state index is 0.297. The monoisotopic (exact) mass is 449 g/mol. The molecule has 2 aromatic carbocycles. The molecule has 7 heteroatoms. The number of allylic oxidation sites excluding steroid dienone is 1. The first kappa shape index (κ1) is 22.7. The summed E-state index contributed by atoms with van der Waals surface area (Å²) in [5.41, 5.74) is 3.93. The molecule has 3 aromatic rings. The van der Waals surface area contributed by atoms with Crippen molar-refractivity contribution in [3.8, 4) is 11.5 Å². The number of imidazole rings is 1. The molecule has 0 saturated heterocycles. The van der Waals surface area contributed by atoms with Crippen LogP contribution in [0, 0.1) is 5.92 Å². The maximum absolute atomic E-state index is 13.1. The summed E-state index contributed by atoms with van der Waals surface area (Å²) in [5, 5.41) is 3.29. The van der Waals surface area contributed by atoms with E-state index < -0.39 is 6.04 Å². The molecule has 0 spiro atoms. The molecule has 0 fully saturated rings. The van der Waals surface area contributed by atoms with E-state index in [9.17, 15) is 4.79 Å². The molecule has 0 amide bonds. The number of rotatable bonds is 8. The topological polar surface area (TPSA) is 74.6 Å². The van der Waals surface area contributed by atoms with Crippen LogP contribution in [0.4, 0.5) is 5.95 Å². The Kier molecular flexibility index (Phi) is 6.58. The molecule has 4 rings (SSSR count). The Hall–Kier alpha value is -3.48. The van der Waals surface area contributed by atoms with E-state index in [2.05, 4.69) is 19.2 Å². The summed E-state index contributed by atoms with van der Waals surface area (Å²) in [5.74, 6) is 2.19. The molecule has 0 unspecified atom stereocenters. The molecule has 7 nitrogen and oxygen atoms in total. The Bertz CT molecular complexity index is 1200. The van der Waals surface area contributed by atoms with Crippen molar-refractivity contribution in [2.75, 3.05) is 25.6 Å². The Morgan fingerprint density at radius 3 is 2.70 bits per heavy atom. The third kappa shape index (κ3) is 4.40. The van der Waals surface area contributed by atoms with Gasteiger partial charge in [-0.05, 0) is 56.0 Å². The number of esters is 1. The van der Waals surface area contributed by atoms with E-state index in [0.29, 0.717) is 42.2 Å². The first-order valence-corrected chi connectivity index (χ1v) is 11.4. The lowest BCUT2D eigenvalue weighted by Crippen LogP contribution is -2.29. The SMILES string of the molecule is CCOC(=O)C1=C(C)Nc2nc3ccccc3n2[C@@H]1c1ccc(OCCC(C)C)c(OC)c1. The molecular weight excluding hydrogens is 418 g/mol. The van der Waals surface area contributed by atoms with E-state index in [4.69, 9.17) is 19.2 Å². The summed E-state index contributed by atoms with van der Waals surface area (Å²) in [6.07, 6.45) is 0.957. The number of hydrogen-bond acceptors (Lipinski definition) is 6. The second-order valence-corrected chi connectivity index (χ2v) is 8.52. The van der Waals surface area contributed by atoms with Crippen LogP contribution in [-0.4, -0.2) is 35.8 Å². The number of carbonyl (C=O) groups excluding carboxylic acids is 1. The minimum atomic E-state index is -0.425. The number of ether oxygens (including phenoxy) is 3. The number of aromatic nitrogens is 2. The highest BCUT2D eigenvalue weighted by Crippen LogP contribution is 2.41. The number of nitrogens with zero attached hydrogens (tertiary/aromatic N) is 2. The van der Waals surface area contributed by atoms with Gasteiger partial charge in [0.05, 0.1) is 43.0 Å². The van der Waals surface area contributed by atoms with Gasteiger partial charge in [-0.3, -0.25) is 4.57 Å². The maximum atomic E-state index is 13.1. The number of hydrogen-bond donors (Lipinski definition) is 1. The van der Waals surface area contributed by atoms with Crippen molar-refractivity contribution >= 4 is 23.0 Å². The zero-order valence-electron chi connectivity index (χ0n) is 19.8. The first-order valence-electron chi connectivity index (χ1n) is 11.4. The summed E-state index contributed by atoms with van der Waals surface area (Å²) in [6, 6.07) is 13.3. The van der Waals surface area contributed by atoms with Gasteiger partial charge in [0.2, 0.25) is 5.95 Å². The van der Waals surface area contributed by atoms with Crippen molar-refractivity contribution in [2.45, 2.75) is 40.2 Å². The van der Waals surface area contributed by atoms with Crippen LogP contribution in [-0.2, 0) is 9.53 Å². The lowest BCUT2D eigenvalue weighted by atomic mass is 9.94. The van der Waals surface area contributed by atoms with Gasteiger partial charge in [0, 0.05) is 5.70 Å². The zero-order chi connectivity index (χ0) is 23.5. The molecule has 1 aromatic heterocycles. The summed E-state index contributed by atoms with van der Waals surface area (Å²) in [4.78, 5) is 17.8. The van der Waals surface area contributed by atoms with Crippen LogP contribution in [0.3, 0.4) is 0 Å². The van der Waals surface area contributed by atoms with Crippen molar-refractivity contribution < 1.29 is 19.0 Å². The highest BCUT2D eigenvalue weighted by molar-refractivity contribution is 5.94.